The Morgan fingerprint density at radius 3 is 2.56 bits per heavy atom. The molecule has 0 unspecified atom stereocenters. The standard InChI is InChI=1S/C13H14F2O/c1-8-5-10(12(15)7-11(8)14)13(16)6-9-3-2-4-9/h5,7,9H,2-4,6H2,1H3. The summed E-state index contributed by atoms with van der Waals surface area (Å²) in [7, 11) is 0. The summed E-state index contributed by atoms with van der Waals surface area (Å²) in [5.41, 5.74) is 0.351. The molecule has 86 valence electrons. The fourth-order valence-electron chi connectivity index (χ4n) is 1.94. The van der Waals surface area contributed by atoms with Crippen molar-refractivity contribution in [2.24, 2.45) is 5.92 Å². The molecule has 0 saturated heterocycles. The molecule has 0 radical (unpaired) electrons. The lowest BCUT2D eigenvalue weighted by molar-refractivity contribution is 0.0932. The molecule has 1 fully saturated rings. The normalized spacial score (nSPS) is 15.9. The van der Waals surface area contributed by atoms with Gasteiger partial charge in [-0.15, -0.1) is 0 Å². The Morgan fingerprint density at radius 2 is 2.00 bits per heavy atom. The van der Waals surface area contributed by atoms with Gasteiger partial charge in [-0.2, -0.15) is 0 Å². The first-order valence-corrected chi connectivity index (χ1v) is 5.57. The molecule has 0 heterocycles. The Labute approximate surface area is 93.5 Å². The van der Waals surface area contributed by atoms with Crippen LogP contribution in [0.25, 0.3) is 0 Å². The largest absolute Gasteiger partial charge is 0.294 e. The smallest absolute Gasteiger partial charge is 0.166 e. The van der Waals surface area contributed by atoms with Gasteiger partial charge >= 0.3 is 0 Å². The third-order valence-corrected chi connectivity index (χ3v) is 3.25. The highest BCUT2D eigenvalue weighted by atomic mass is 19.1. The number of benzene rings is 1. The van der Waals surface area contributed by atoms with Crippen LogP contribution in [-0.4, -0.2) is 5.78 Å². The van der Waals surface area contributed by atoms with Gasteiger partial charge in [0, 0.05) is 12.5 Å². The van der Waals surface area contributed by atoms with Gasteiger partial charge in [0.25, 0.3) is 0 Å². The summed E-state index contributed by atoms with van der Waals surface area (Å²) in [4.78, 5) is 11.8. The van der Waals surface area contributed by atoms with Crippen molar-refractivity contribution in [1.82, 2.24) is 0 Å². The second-order valence-electron chi connectivity index (χ2n) is 4.51. The molecule has 0 spiro atoms. The molecular formula is C13H14F2O. The average molecular weight is 224 g/mol. The SMILES string of the molecule is Cc1cc(C(=O)CC2CCC2)c(F)cc1F. The number of ketones is 1. The molecule has 0 atom stereocenters. The van der Waals surface area contributed by atoms with E-state index in [-0.39, 0.29) is 11.3 Å². The molecular weight excluding hydrogens is 210 g/mol. The second-order valence-corrected chi connectivity index (χ2v) is 4.51. The van der Waals surface area contributed by atoms with E-state index in [0.29, 0.717) is 17.9 Å². The maximum Gasteiger partial charge on any atom is 0.166 e. The van der Waals surface area contributed by atoms with Gasteiger partial charge in [-0.25, -0.2) is 8.78 Å². The van der Waals surface area contributed by atoms with E-state index >= 15 is 0 Å². The first-order chi connectivity index (χ1) is 7.58. The minimum Gasteiger partial charge on any atom is -0.294 e. The van der Waals surface area contributed by atoms with Crippen LogP contribution in [0.2, 0.25) is 0 Å². The zero-order valence-corrected chi connectivity index (χ0v) is 9.22. The van der Waals surface area contributed by atoms with Gasteiger partial charge in [0.05, 0.1) is 5.56 Å². The van der Waals surface area contributed by atoms with Gasteiger partial charge in [-0.05, 0) is 24.5 Å². The summed E-state index contributed by atoms with van der Waals surface area (Å²) in [6.07, 6.45) is 3.64. The fourth-order valence-corrected chi connectivity index (χ4v) is 1.94. The molecule has 0 amide bonds. The molecule has 0 N–H and O–H groups in total. The molecule has 1 aromatic rings. The van der Waals surface area contributed by atoms with Crippen molar-refractivity contribution in [3.8, 4) is 0 Å². The van der Waals surface area contributed by atoms with Crippen LogP contribution in [0.1, 0.15) is 41.6 Å². The number of hydrogen-bond acceptors (Lipinski definition) is 1. The number of carbonyl (C=O) groups is 1. The topological polar surface area (TPSA) is 17.1 Å². The number of rotatable bonds is 3. The number of Topliss-reactive ketones (excluding diaryl/α,β-unsaturated/α-hetero) is 1. The fraction of sp³-hybridized carbons (Fsp3) is 0.462. The monoisotopic (exact) mass is 224 g/mol. The van der Waals surface area contributed by atoms with Crippen molar-refractivity contribution in [1.29, 1.82) is 0 Å². The summed E-state index contributed by atoms with van der Waals surface area (Å²) >= 11 is 0. The van der Waals surface area contributed by atoms with E-state index in [2.05, 4.69) is 0 Å². The minimum absolute atomic E-state index is 0.0331. The van der Waals surface area contributed by atoms with E-state index in [9.17, 15) is 13.6 Å². The van der Waals surface area contributed by atoms with Crippen molar-refractivity contribution in [3.05, 3.63) is 34.9 Å². The highest BCUT2D eigenvalue weighted by Gasteiger charge is 2.23. The zero-order valence-electron chi connectivity index (χ0n) is 9.22. The zero-order chi connectivity index (χ0) is 11.7. The molecule has 0 aliphatic heterocycles. The van der Waals surface area contributed by atoms with Crippen LogP contribution < -0.4 is 0 Å². The third-order valence-electron chi connectivity index (χ3n) is 3.25. The van der Waals surface area contributed by atoms with E-state index < -0.39 is 11.6 Å². The van der Waals surface area contributed by atoms with Crippen molar-refractivity contribution >= 4 is 5.78 Å². The number of halogens is 2. The molecule has 3 heteroatoms. The molecule has 0 bridgehead atoms. The van der Waals surface area contributed by atoms with Crippen molar-refractivity contribution in [2.75, 3.05) is 0 Å². The first-order valence-electron chi connectivity index (χ1n) is 5.57. The Morgan fingerprint density at radius 1 is 1.31 bits per heavy atom. The highest BCUT2D eigenvalue weighted by molar-refractivity contribution is 5.96. The maximum absolute atomic E-state index is 13.4. The molecule has 1 nitrogen and oxygen atoms in total. The van der Waals surface area contributed by atoms with Crippen LogP contribution in [-0.2, 0) is 0 Å². The van der Waals surface area contributed by atoms with Gasteiger partial charge in [0.2, 0.25) is 0 Å². The van der Waals surface area contributed by atoms with Crippen LogP contribution in [0.4, 0.5) is 8.78 Å². The molecule has 1 aliphatic rings. The van der Waals surface area contributed by atoms with Crippen LogP contribution in [0.5, 0.6) is 0 Å². The Kier molecular flexibility index (Phi) is 3.03. The molecule has 1 aliphatic carbocycles. The summed E-state index contributed by atoms with van der Waals surface area (Å²) in [5, 5.41) is 0. The van der Waals surface area contributed by atoms with E-state index in [4.69, 9.17) is 0 Å². The first kappa shape index (κ1) is 11.2. The van der Waals surface area contributed by atoms with E-state index in [1.54, 1.807) is 0 Å². The van der Waals surface area contributed by atoms with Gasteiger partial charge < -0.3 is 0 Å². The van der Waals surface area contributed by atoms with E-state index in [0.717, 1.165) is 25.3 Å². The highest BCUT2D eigenvalue weighted by Crippen LogP contribution is 2.31. The quantitative estimate of drug-likeness (QED) is 0.716. The van der Waals surface area contributed by atoms with Crippen LogP contribution >= 0.6 is 0 Å². The molecule has 2 rings (SSSR count). The summed E-state index contributed by atoms with van der Waals surface area (Å²) in [6, 6.07) is 2.11. The van der Waals surface area contributed by atoms with Crippen LogP contribution in [0, 0.1) is 24.5 Å². The predicted octanol–water partition coefficient (Wildman–Crippen LogP) is 3.65. The Balaban J connectivity index is 2.18. The lowest BCUT2D eigenvalue weighted by atomic mass is 9.81. The van der Waals surface area contributed by atoms with Gasteiger partial charge in [-0.1, -0.05) is 19.3 Å². The number of hydrogen-bond donors (Lipinski definition) is 0. The van der Waals surface area contributed by atoms with Gasteiger partial charge in [0.15, 0.2) is 5.78 Å². The van der Waals surface area contributed by atoms with Crippen molar-refractivity contribution in [3.63, 3.8) is 0 Å². The Bertz CT molecular complexity index is 422. The number of aryl methyl sites for hydroxylation is 1. The summed E-state index contributed by atoms with van der Waals surface area (Å²) in [6.45, 7) is 1.54. The second kappa shape index (κ2) is 4.32. The van der Waals surface area contributed by atoms with Crippen molar-refractivity contribution in [2.45, 2.75) is 32.6 Å². The van der Waals surface area contributed by atoms with Gasteiger partial charge in [-0.3, -0.25) is 4.79 Å². The summed E-state index contributed by atoms with van der Waals surface area (Å²) < 4.78 is 26.4. The van der Waals surface area contributed by atoms with Crippen LogP contribution in [0.3, 0.4) is 0 Å². The van der Waals surface area contributed by atoms with Crippen LogP contribution in [0.15, 0.2) is 12.1 Å². The lowest BCUT2D eigenvalue weighted by Crippen LogP contribution is -2.17. The van der Waals surface area contributed by atoms with Crippen molar-refractivity contribution < 1.29 is 13.6 Å². The molecule has 0 aromatic heterocycles. The minimum atomic E-state index is -0.743. The lowest BCUT2D eigenvalue weighted by Gasteiger charge is -2.24. The molecule has 1 saturated carbocycles. The van der Waals surface area contributed by atoms with E-state index in [1.807, 2.05) is 0 Å². The Hall–Kier alpha value is -1.25. The maximum atomic E-state index is 13.4. The summed E-state index contributed by atoms with van der Waals surface area (Å²) in [5.74, 6) is -1.15. The molecule has 1 aromatic carbocycles. The van der Waals surface area contributed by atoms with Gasteiger partial charge in [0.1, 0.15) is 11.6 Å². The molecule has 16 heavy (non-hydrogen) atoms. The average Bonchev–Trinajstić information content (AvgIpc) is 2.17. The van der Waals surface area contributed by atoms with E-state index in [1.165, 1.54) is 13.0 Å². The third kappa shape index (κ3) is 2.13. The number of carbonyl (C=O) groups excluding carboxylic acids is 1. The predicted molar refractivity (Wildman–Crippen MR) is 57.4 cm³/mol.